The molecule has 0 spiro atoms. The Morgan fingerprint density at radius 3 is 2.39 bits per heavy atom. The molecule has 1 saturated heterocycles. The first-order valence-electron chi connectivity index (χ1n) is 8.83. The molecular formula is C19H28O4. The van der Waals surface area contributed by atoms with Crippen molar-refractivity contribution in [2.24, 2.45) is 0 Å². The molecule has 1 aromatic carbocycles. The summed E-state index contributed by atoms with van der Waals surface area (Å²) in [5, 5.41) is 0. The van der Waals surface area contributed by atoms with Gasteiger partial charge in [0.25, 0.3) is 0 Å². The summed E-state index contributed by atoms with van der Waals surface area (Å²) < 4.78 is 15.3. The molecule has 4 heteroatoms. The van der Waals surface area contributed by atoms with Crippen LogP contribution in [-0.2, 0) is 15.9 Å². The summed E-state index contributed by atoms with van der Waals surface area (Å²) >= 11 is 0. The minimum atomic E-state index is -0.608. The maximum Gasteiger partial charge on any atom is 0.508 e. The summed E-state index contributed by atoms with van der Waals surface area (Å²) in [6, 6.07) is 8.19. The van der Waals surface area contributed by atoms with Crippen molar-refractivity contribution in [3.63, 3.8) is 0 Å². The molecule has 2 rings (SSSR count). The van der Waals surface area contributed by atoms with Crippen LogP contribution in [0.25, 0.3) is 0 Å². The lowest BCUT2D eigenvalue weighted by Gasteiger charge is -2.10. The number of rotatable bonds is 11. The van der Waals surface area contributed by atoms with E-state index in [1.165, 1.54) is 50.5 Å². The molecule has 1 unspecified atom stereocenters. The van der Waals surface area contributed by atoms with Crippen molar-refractivity contribution in [2.75, 3.05) is 13.2 Å². The van der Waals surface area contributed by atoms with Crippen LogP contribution in [0.3, 0.4) is 0 Å². The van der Waals surface area contributed by atoms with Crippen LogP contribution >= 0.6 is 0 Å². The van der Waals surface area contributed by atoms with Crippen molar-refractivity contribution < 1.29 is 19.0 Å². The molecule has 0 amide bonds. The van der Waals surface area contributed by atoms with E-state index in [4.69, 9.17) is 14.2 Å². The number of aryl methyl sites for hydroxylation is 1. The fraction of sp³-hybridized carbons (Fsp3) is 0.632. The Morgan fingerprint density at radius 2 is 1.74 bits per heavy atom. The molecule has 1 aliphatic rings. The van der Waals surface area contributed by atoms with Gasteiger partial charge in [-0.2, -0.15) is 0 Å². The Hall–Kier alpha value is -1.71. The highest BCUT2D eigenvalue weighted by atomic mass is 16.8. The van der Waals surface area contributed by atoms with Crippen molar-refractivity contribution in [3.05, 3.63) is 29.8 Å². The van der Waals surface area contributed by atoms with E-state index in [0.29, 0.717) is 6.61 Å². The van der Waals surface area contributed by atoms with Gasteiger partial charge in [-0.05, 0) is 30.5 Å². The Bertz CT molecular complexity index is 455. The van der Waals surface area contributed by atoms with E-state index < -0.39 is 6.16 Å². The number of unbranched alkanes of at least 4 members (excludes halogenated alkanes) is 6. The van der Waals surface area contributed by atoms with Crippen LogP contribution in [0.15, 0.2) is 24.3 Å². The first-order chi connectivity index (χ1) is 11.3. The highest BCUT2D eigenvalue weighted by molar-refractivity contribution is 5.61. The molecule has 0 radical (unpaired) electrons. The Balaban J connectivity index is 1.57. The van der Waals surface area contributed by atoms with Crippen molar-refractivity contribution >= 4 is 6.16 Å². The zero-order valence-corrected chi connectivity index (χ0v) is 14.1. The zero-order valence-electron chi connectivity index (χ0n) is 14.1. The van der Waals surface area contributed by atoms with Gasteiger partial charge in [-0.25, -0.2) is 4.79 Å². The molecule has 0 bridgehead atoms. The van der Waals surface area contributed by atoms with Crippen LogP contribution in [0.1, 0.15) is 57.4 Å². The van der Waals surface area contributed by atoms with Crippen molar-refractivity contribution in [2.45, 2.75) is 64.4 Å². The first kappa shape index (κ1) is 17.6. The number of carbonyl (C=O) groups is 1. The molecule has 0 aromatic heterocycles. The van der Waals surface area contributed by atoms with Gasteiger partial charge in [-0.1, -0.05) is 57.6 Å². The molecule has 0 aliphatic carbocycles. The Morgan fingerprint density at radius 1 is 1.04 bits per heavy atom. The van der Waals surface area contributed by atoms with Crippen LogP contribution < -0.4 is 4.74 Å². The SMILES string of the molecule is CCCCCCCCCc1ccc(OCC2COC(=O)O2)cc1. The van der Waals surface area contributed by atoms with Gasteiger partial charge in [0.2, 0.25) is 0 Å². The lowest BCUT2D eigenvalue weighted by atomic mass is 10.0. The van der Waals surface area contributed by atoms with Crippen LogP contribution in [0.4, 0.5) is 4.79 Å². The van der Waals surface area contributed by atoms with Crippen molar-refractivity contribution in [1.82, 2.24) is 0 Å². The number of carbonyl (C=O) groups excluding carboxylic acids is 1. The first-order valence-corrected chi connectivity index (χ1v) is 8.83. The zero-order chi connectivity index (χ0) is 16.3. The molecule has 1 aromatic rings. The van der Waals surface area contributed by atoms with E-state index in [2.05, 4.69) is 19.1 Å². The van der Waals surface area contributed by atoms with E-state index >= 15 is 0 Å². The summed E-state index contributed by atoms with van der Waals surface area (Å²) in [7, 11) is 0. The average molecular weight is 320 g/mol. The minimum absolute atomic E-state index is 0.273. The standard InChI is InChI=1S/C19H28O4/c1-2-3-4-5-6-7-8-9-16-10-12-17(13-11-16)21-14-18-15-22-19(20)23-18/h10-13,18H,2-9,14-15H2,1H3. The molecule has 1 heterocycles. The molecule has 1 atom stereocenters. The predicted octanol–water partition coefficient (Wildman–Crippen LogP) is 4.89. The van der Waals surface area contributed by atoms with Crippen LogP contribution in [0, 0.1) is 0 Å². The van der Waals surface area contributed by atoms with E-state index in [9.17, 15) is 4.79 Å². The van der Waals surface area contributed by atoms with Gasteiger partial charge in [-0.3, -0.25) is 0 Å². The molecule has 23 heavy (non-hydrogen) atoms. The maximum atomic E-state index is 10.8. The Kier molecular flexibility index (Phi) is 7.78. The maximum absolute atomic E-state index is 10.8. The Labute approximate surface area is 139 Å². The molecule has 4 nitrogen and oxygen atoms in total. The molecule has 128 valence electrons. The number of hydrogen-bond acceptors (Lipinski definition) is 4. The largest absolute Gasteiger partial charge is 0.508 e. The third-order valence-electron chi connectivity index (χ3n) is 4.08. The number of cyclic esters (lactones) is 2. The normalized spacial score (nSPS) is 16.9. The van der Waals surface area contributed by atoms with Gasteiger partial charge in [0, 0.05) is 0 Å². The summed E-state index contributed by atoms with van der Waals surface area (Å²) in [5.74, 6) is 0.802. The fourth-order valence-corrected chi connectivity index (χ4v) is 2.67. The molecular weight excluding hydrogens is 292 g/mol. The molecule has 1 aliphatic heterocycles. The monoisotopic (exact) mass is 320 g/mol. The quantitative estimate of drug-likeness (QED) is 0.430. The van der Waals surface area contributed by atoms with Crippen LogP contribution in [-0.4, -0.2) is 25.5 Å². The van der Waals surface area contributed by atoms with Gasteiger partial charge in [0.15, 0.2) is 6.10 Å². The number of ether oxygens (including phenoxy) is 3. The topological polar surface area (TPSA) is 44.8 Å². The van der Waals surface area contributed by atoms with Gasteiger partial charge >= 0.3 is 6.16 Å². The van der Waals surface area contributed by atoms with E-state index in [1.807, 2.05) is 12.1 Å². The number of benzene rings is 1. The smallest absolute Gasteiger partial charge is 0.490 e. The van der Waals surface area contributed by atoms with Gasteiger partial charge in [0.05, 0.1) is 0 Å². The molecule has 1 fully saturated rings. The fourth-order valence-electron chi connectivity index (χ4n) is 2.67. The van der Waals surface area contributed by atoms with Crippen molar-refractivity contribution in [1.29, 1.82) is 0 Å². The second-order valence-electron chi connectivity index (χ2n) is 6.13. The molecule has 0 saturated carbocycles. The summed E-state index contributed by atoms with van der Waals surface area (Å²) in [5.41, 5.74) is 1.35. The third-order valence-corrected chi connectivity index (χ3v) is 4.08. The van der Waals surface area contributed by atoms with Gasteiger partial charge in [0.1, 0.15) is 19.0 Å². The highest BCUT2D eigenvalue weighted by Crippen LogP contribution is 2.16. The summed E-state index contributed by atoms with van der Waals surface area (Å²) in [4.78, 5) is 10.8. The summed E-state index contributed by atoms with van der Waals surface area (Å²) in [6.07, 6.45) is 9.57. The lowest BCUT2D eigenvalue weighted by molar-refractivity contribution is 0.0983. The number of hydrogen-bond donors (Lipinski definition) is 0. The van der Waals surface area contributed by atoms with E-state index in [1.54, 1.807) is 0 Å². The minimum Gasteiger partial charge on any atom is -0.490 e. The second kappa shape index (κ2) is 10.1. The van der Waals surface area contributed by atoms with Gasteiger partial charge in [-0.15, -0.1) is 0 Å². The average Bonchev–Trinajstić information content (AvgIpc) is 2.99. The van der Waals surface area contributed by atoms with E-state index in [-0.39, 0.29) is 12.7 Å². The van der Waals surface area contributed by atoms with E-state index in [0.717, 1.165) is 12.2 Å². The second-order valence-corrected chi connectivity index (χ2v) is 6.13. The highest BCUT2D eigenvalue weighted by Gasteiger charge is 2.25. The van der Waals surface area contributed by atoms with Crippen molar-refractivity contribution in [3.8, 4) is 5.75 Å². The van der Waals surface area contributed by atoms with Gasteiger partial charge < -0.3 is 14.2 Å². The lowest BCUT2D eigenvalue weighted by Crippen LogP contribution is -2.19. The van der Waals surface area contributed by atoms with Crippen LogP contribution in [0.2, 0.25) is 0 Å². The molecule has 0 N–H and O–H groups in total. The summed E-state index contributed by atoms with van der Waals surface area (Å²) in [6.45, 7) is 2.86. The van der Waals surface area contributed by atoms with Crippen LogP contribution in [0.5, 0.6) is 5.75 Å². The predicted molar refractivity (Wildman–Crippen MR) is 89.9 cm³/mol. The third kappa shape index (κ3) is 6.93.